The standard InChI is InChI=1S/C22H34O3S2/c1-21(2,3)15-17(23)16(22(4,5)6)19(27)14(18(15)26)20(24)25-12-13-10-8-7-9-11-13/h13,23,26-27H,7-12H2,1-6H3. The number of hydrogen-bond donors (Lipinski definition) is 3. The molecule has 0 saturated heterocycles. The average molecular weight is 411 g/mol. The molecule has 0 radical (unpaired) electrons. The molecule has 0 bridgehead atoms. The summed E-state index contributed by atoms with van der Waals surface area (Å²) in [5.74, 6) is 0.219. The summed E-state index contributed by atoms with van der Waals surface area (Å²) in [6.45, 7) is 12.5. The first-order valence-electron chi connectivity index (χ1n) is 9.84. The van der Waals surface area contributed by atoms with Crippen molar-refractivity contribution in [1.82, 2.24) is 0 Å². The highest BCUT2D eigenvalue weighted by atomic mass is 32.1. The Labute approximate surface area is 175 Å². The molecule has 0 amide bonds. The van der Waals surface area contributed by atoms with Crippen LogP contribution in [0.3, 0.4) is 0 Å². The van der Waals surface area contributed by atoms with Gasteiger partial charge in [-0.1, -0.05) is 60.8 Å². The quantitative estimate of drug-likeness (QED) is 0.405. The number of carbonyl (C=O) groups excluding carboxylic acids is 1. The van der Waals surface area contributed by atoms with Gasteiger partial charge in [-0.2, -0.15) is 0 Å². The van der Waals surface area contributed by atoms with E-state index >= 15 is 0 Å². The molecule has 2 rings (SSSR count). The van der Waals surface area contributed by atoms with Gasteiger partial charge in [0.2, 0.25) is 0 Å². The molecule has 152 valence electrons. The van der Waals surface area contributed by atoms with Crippen LogP contribution in [0.15, 0.2) is 9.79 Å². The second-order valence-corrected chi connectivity index (χ2v) is 10.7. The zero-order valence-electron chi connectivity index (χ0n) is 17.5. The van der Waals surface area contributed by atoms with E-state index in [-0.39, 0.29) is 16.6 Å². The number of rotatable bonds is 3. The van der Waals surface area contributed by atoms with Gasteiger partial charge in [-0.05, 0) is 29.6 Å². The summed E-state index contributed by atoms with van der Waals surface area (Å²) < 4.78 is 5.69. The van der Waals surface area contributed by atoms with Gasteiger partial charge in [0.25, 0.3) is 0 Å². The first-order chi connectivity index (χ1) is 12.4. The SMILES string of the molecule is CC(C)(C)c1c(O)c(C(C)(C)C)c(S)c(C(=O)OCC2CCCCC2)c1S. The molecule has 0 spiro atoms. The minimum absolute atomic E-state index is 0.175. The fraction of sp³-hybridized carbons (Fsp3) is 0.682. The fourth-order valence-corrected chi connectivity index (χ4v) is 5.32. The second-order valence-electron chi connectivity index (χ2n) is 9.77. The van der Waals surface area contributed by atoms with Crippen LogP contribution in [0.4, 0.5) is 0 Å². The van der Waals surface area contributed by atoms with Gasteiger partial charge in [-0.15, -0.1) is 25.3 Å². The number of ether oxygens (including phenoxy) is 1. The summed E-state index contributed by atoms with van der Waals surface area (Å²) in [6, 6.07) is 0. The van der Waals surface area contributed by atoms with Crippen molar-refractivity contribution >= 4 is 31.2 Å². The van der Waals surface area contributed by atoms with Gasteiger partial charge in [-0.25, -0.2) is 4.79 Å². The van der Waals surface area contributed by atoms with Crippen molar-refractivity contribution in [3.05, 3.63) is 16.7 Å². The van der Waals surface area contributed by atoms with Gasteiger partial charge >= 0.3 is 5.97 Å². The van der Waals surface area contributed by atoms with Crippen LogP contribution in [0.25, 0.3) is 0 Å². The van der Waals surface area contributed by atoms with E-state index in [1.807, 2.05) is 41.5 Å². The zero-order chi connectivity index (χ0) is 20.6. The third-order valence-electron chi connectivity index (χ3n) is 5.30. The largest absolute Gasteiger partial charge is 0.507 e. The molecule has 3 nitrogen and oxygen atoms in total. The number of carbonyl (C=O) groups is 1. The summed E-state index contributed by atoms with van der Waals surface area (Å²) in [5.41, 5.74) is 0.948. The predicted molar refractivity (Wildman–Crippen MR) is 117 cm³/mol. The summed E-state index contributed by atoms with van der Waals surface area (Å²) >= 11 is 9.27. The van der Waals surface area contributed by atoms with E-state index in [0.29, 0.717) is 39.0 Å². The Hall–Kier alpha value is -0.810. The van der Waals surface area contributed by atoms with E-state index in [4.69, 9.17) is 4.74 Å². The molecule has 1 aromatic carbocycles. The Morgan fingerprint density at radius 1 is 0.963 bits per heavy atom. The highest BCUT2D eigenvalue weighted by molar-refractivity contribution is 7.81. The summed E-state index contributed by atoms with van der Waals surface area (Å²) in [7, 11) is 0. The van der Waals surface area contributed by atoms with Crippen LogP contribution in [0.1, 0.15) is 95.1 Å². The van der Waals surface area contributed by atoms with Gasteiger partial charge in [-0.3, -0.25) is 0 Å². The minimum atomic E-state index is -0.397. The lowest BCUT2D eigenvalue weighted by molar-refractivity contribution is 0.0401. The summed E-state index contributed by atoms with van der Waals surface area (Å²) in [4.78, 5) is 13.9. The minimum Gasteiger partial charge on any atom is -0.507 e. The molecule has 1 fully saturated rings. The molecule has 5 heteroatoms. The molecular formula is C22H34O3S2. The van der Waals surface area contributed by atoms with Crippen LogP contribution in [-0.4, -0.2) is 17.7 Å². The van der Waals surface area contributed by atoms with E-state index in [1.165, 1.54) is 19.3 Å². The van der Waals surface area contributed by atoms with Crippen LogP contribution in [0, 0.1) is 5.92 Å². The molecule has 1 aliphatic rings. The Kier molecular flexibility index (Phi) is 6.89. The van der Waals surface area contributed by atoms with Crippen molar-refractivity contribution < 1.29 is 14.6 Å². The van der Waals surface area contributed by atoms with Crippen molar-refractivity contribution in [3.63, 3.8) is 0 Å². The number of thiol groups is 2. The molecule has 0 unspecified atom stereocenters. The molecule has 0 aliphatic heterocycles. The van der Waals surface area contributed by atoms with Gasteiger partial charge in [0.15, 0.2) is 0 Å². The molecule has 1 aliphatic carbocycles. The number of benzene rings is 1. The summed E-state index contributed by atoms with van der Waals surface area (Å²) in [5, 5.41) is 11.0. The van der Waals surface area contributed by atoms with Crippen molar-refractivity contribution in [2.75, 3.05) is 6.61 Å². The third kappa shape index (κ3) is 4.97. The second kappa shape index (κ2) is 8.28. The number of aromatic hydroxyl groups is 1. The van der Waals surface area contributed by atoms with Crippen molar-refractivity contribution in [2.24, 2.45) is 5.92 Å². The van der Waals surface area contributed by atoms with Gasteiger partial charge in [0.05, 0.1) is 12.2 Å². The molecule has 0 atom stereocenters. The molecule has 1 aromatic rings. The Balaban J connectivity index is 2.49. The van der Waals surface area contributed by atoms with Gasteiger partial charge in [0, 0.05) is 20.9 Å². The van der Waals surface area contributed by atoms with Crippen LogP contribution in [0.2, 0.25) is 0 Å². The smallest absolute Gasteiger partial charge is 0.340 e. The maximum absolute atomic E-state index is 13.0. The first kappa shape index (κ1) is 22.5. The van der Waals surface area contributed by atoms with Crippen LogP contribution >= 0.6 is 25.3 Å². The lowest BCUT2D eigenvalue weighted by atomic mass is 9.78. The molecule has 1 saturated carbocycles. The van der Waals surface area contributed by atoms with Crippen molar-refractivity contribution in [1.29, 1.82) is 0 Å². The van der Waals surface area contributed by atoms with Crippen LogP contribution < -0.4 is 0 Å². The monoisotopic (exact) mass is 410 g/mol. The third-order valence-corrected chi connectivity index (χ3v) is 6.19. The predicted octanol–water partition coefficient (Wildman–Crippen LogP) is 6.30. The highest BCUT2D eigenvalue weighted by Gasteiger charge is 2.34. The molecule has 27 heavy (non-hydrogen) atoms. The molecular weight excluding hydrogens is 376 g/mol. The molecule has 0 heterocycles. The number of hydrogen-bond acceptors (Lipinski definition) is 5. The molecule has 0 aromatic heterocycles. The number of phenols is 1. The van der Waals surface area contributed by atoms with E-state index < -0.39 is 5.97 Å². The lowest BCUT2D eigenvalue weighted by Gasteiger charge is -2.31. The van der Waals surface area contributed by atoms with Crippen molar-refractivity contribution in [3.8, 4) is 5.75 Å². The van der Waals surface area contributed by atoms with Gasteiger partial charge in [0.1, 0.15) is 5.75 Å². The first-order valence-corrected chi connectivity index (χ1v) is 10.7. The normalized spacial score (nSPS) is 16.4. The maximum atomic E-state index is 13.0. The highest BCUT2D eigenvalue weighted by Crippen LogP contribution is 2.47. The van der Waals surface area contributed by atoms with Crippen LogP contribution in [0.5, 0.6) is 5.75 Å². The van der Waals surface area contributed by atoms with E-state index in [9.17, 15) is 9.90 Å². The van der Waals surface area contributed by atoms with Crippen LogP contribution in [-0.2, 0) is 15.6 Å². The Morgan fingerprint density at radius 2 is 1.41 bits per heavy atom. The van der Waals surface area contributed by atoms with E-state index in [0.717, 1.165) is 12.8 Å². The zero-order valence-corrected chi connectivity index (χ0v) is 19.3. The topological polar surface area (TPSA) is 46.5 Å². The van der Waals surface area contributed by atoms with Gasteiger partial charge < -0.3 is 9.84 Å². The number of phenolic OH excluding ortho intramolecular Hbond substituents is 1. The Morgan fingerprint density at radius 3 is 1.81 bits per heavy atom. The fourth-order valence-electron chi connectivity index (χ4n) is 3.95. The summed E-state index contributed by atoms with van der Waals surface area (Å²) in [6.07, 6.45) is 5.92. The molecule has 1 N–H and O–H groups in total. The lowest BCUT2D eigenvalue weighted by Crippen LogP contribution is -2.23. The van der Waals surface area contributed by atoms with E-state index in [1.54, 1.807) is 0 Å². The maximum Gasteiger partial charge on any atom is 0.340 e. The number of esters is 1. The van der Waals surface area contributed by atoms with Crippen molar-refractivity contribution in [2.45, 2.75) is 94.3 Å². The average Bonchev–Trinajstić information content (AvgIpc) is 2.50. The van der Waals surface area contributed by atoms with E-state index in [2.05, 4.69) is 25.3 Å². The Bertz CT molecular complexity index is 665.